The molecular weight excluding hydrogens is 380 g/mol. The second kappa shape index (κ2) is 7.44. The van der Waals surface area contributed by atoms with Crippen molar-refractivity contribution >= 4 is 50.5 Å². The van der Waals surface area contributed by atoms with E-state index in [2.05, 4.69) is 33.4 Å². The molecule has 0 bridgehead atoms. The zero-order chi connectivity index (χ0) is 16.3. The maximum absolute atomic E-state index is 6.32. The predicted octanol–water partition coefficient (Wildman–Crippen LogP) is 5.55. The second-order valence-corrected chi connectivity index (χ2v) is 6.96. The third-order valence-corrected chi connectivity index (χ3v) is 4.86. The lowest BCUT2D eigenvalue weighted by Crippen LogP contribution is -2.31. The van der Waals surface area contributed by atoms with Gasteiger partial charge < -0.3 is 10.2 Å². The van der Waals surface area contributed by atoms with Gasteiger partial charge in [0.05, 0.1) is 10.7 Å². The molecule has 2 nitrogen and oxygen atoms in total. The molecule has 0 aromatic heterocycles. The van der Waals surface area contributed by atoms with Crippen LogP contribution in [0.3, 0.4) is 0 Å². The molecule has 2 aromatic carbocycles. The first-order chi connectivity index (χ1) is 10.4. The van der Waals surface area contributed by atoms with Gasteiger partial charge in [-0.1, -0.05) is 51.8 Å². The lowest BCUT2D eigenvalue weighted by atomic mass is 10.1. The van der Waals surface area contributed by atoms with Crippen molar-refractivity contribution in [2.75, 3.05) is 12.4 Å². The van der Waals surface area contributed by atoms with Gasteiger partial charge in [-0.05, 0) is 54.9 Å². The number of halogens is 2. The Balaban J connectivity index is 2.11. The highest BCUT2D eigenvalue weighted by Gasteiger charge is 2.11. The van der Waals surface area contributed by atoms with Gasteiger partial charge in [0.15, 0.2) is 5.11 Å². The van der Waals surface area contributed by atoms with Crippen molar-refractivity contribution < 1.29 is 0 Å². The zero-order valence-corrected chi connectivity index (χ0v) is 15.9. The minimum atomic E-state index is 0.643. The van der Waals surface area contributed by atoms with Crippen LogP contribution in [0.15, 0.2) is 40.9 Å². The van der Waals surface area contributed by atoms with Crippen LogP contribution >= 0.6 is 39.7 Å². The lowest BCUT2D eigenvalue weighted by Gasteiger charge is -2.23. The molecule has 0 spiro atoms. The van der Waals surface area contributed by atoms with Gasteiger partial charge in [-0.15, -0.1) is 0 Å². The molecule has 0 amide bonds. The number of nitrogens with zero attached hydrogens (tertiary/aromatic N) is 1. The molecule has 22 heavy (non-hydrogen) atoms. The monoisotopic (exact) mass is 396 g/mol. The predicted molar refractivity (Wildman–Crippen MR) is 103 cm³/mol. The number of anilines is 1. The molecule has 0 atom stereocenters. The number of thiocarbonyl (C=S) groups is 1. The summed E-state index contributed by atoms with van der Waals surface area (Å²) < 4.78 is 1.08. The summed E-state index contributed by atoms with van der Waals surface area (Å²) in [6, 6.07) is 12.1. The fourth-order valence-corrected chi connectivity index (χ4v) is 3.18. The topological polar surface area (TPSA) is 15.3 Å². The van der Waals surface area contributed by atoms with E-state index >= 15 is 0 Å². The van der Waals surface area contributed by atoms with E-state index in [0.717, 1.165) is 27.8 Å². The van der Waals surface area contributed by atoms with Gasteiger partial charge in [-0.3, -0.25) is 0 Å². The van der Waals surface area contributed by atoms with Crippen LogP contribution in [0.25, 0.3) is 0 Å². The van der Waals surface area contributed by atoms with E-state index in [4.69, 9.17) is 23.8 Å². The van der Waals surface area contributed by atoms with Gasteiger partial charge in [0.25, 0.3) is 0 Å². The number of hydrogen-bond acceptors (Lipinski definition) is 1. The van der Waals surface area contributed by atoms with E-state index in [9.17, 15) is 0 Å². The van der Waals surface area contributed by atoms with Crippen molar-refractivity contribution in [2.24, 2.45) is 0 Å². The highest BCUT2D eigenvalue weighted by atomic mass is 79.9. The zero-order valence-electron chi connectivity index (χ0n) is 12.8. The van der Waals surface area contributed by atoms with Gasteiger partial charge >= 0.3 is 0 Å². The van der Waals surface area contributed by atoms with E-state index in [1.807, 2.05) is 50.1 Å². The van der Waals surface area contributed by atoms with Gasteiger partial charge in [0, 0.05) is 18.1 Å². The van der Waals surface area contributed by atoms with Crippen molar-refractivity contribution in [1.82, 2.24) is 4.90 Å². The van der Waals surface area contributed by atoms with Gasteiger partial charge in [-0.2, -0.15) is 0 Å². The molecule has 2 rings (SSSR count). The minimum Gasteiger partial charge on any atom is -0.348 e. The van der Waals surface area contributed by atoms with Gasteiger partial charge in [0.2, 0.25) is 0 Å². The fraction of sp³-hybridized carbons (Fsp3) is 0.235. The number of aryl methyl sites for hydroxylation is 2. The van der Waals surface area contributed by atoms with Crippen LogP contribution in [0.4, 0.5) is 5.69 Å². The molecule has 0 saturated heterocycles. The Bertz CT molecular complexity index is 680. The van der Waals surface area contributed by atoms with Crippen LogP contribution in [0.5, 0.6) is 0 Å². The van der Waals surface area contributed by atoms with Crippen LogP contribution in [-0.2, 0) is 6.54 Å². The molecule has 0 aliphatic carbocycles. The van der Waals surface area contributed by atoms with Crippen molar-refractivity contribution in [3.63, 3.8) is 0 Å². The van der Waals surface area contributed by atoms with Crippen LogP contribution in [0.1, 0.15) is 16.7 Å². The Labute approximate surface area is 150 Å². The maximum Gasteiger partial charge on any atom is 0.173 e. The van der Waals surface area contributed by atoms with Crippen LogP contribution in [0.2, 0.25) is 5.02 Å². The van der Waals surface area contributed by atoms with Crippen LogP contribution in [-0.4, -0.2) is 17.1 Å². The molecule has 1 N–H and O–H groups in total. The lowest BCUT2D eigenvalue weighted by molar-refractivity contribution is 0.507. The molecule has 0 saturated carbocycles. The number of benzene rings is 2. The fourth-order valence-electron chi connectivity index (χ4n) is 2.23. The van der Waals surface area contributed by atoms with Crippen molar-refractivity contribution in [1.29, 1.82) is 0 Å². The van der Waals surface area contributed by atoms with Crippen molar-refractivity contribution in [3.05, 3.63) is 62.6 Å². The molecule has 116 valence electrons. The first-order valence-corrected chi connectivity index (χ1v) is 8.48. The Kier molecular flexibility index (Phi) is 5.84. The Morgan fingerprint density at radius 2 is 1.95 bits per heavy atom. The van der Waals surface area contributed by atoms with E-state index in [0.29, 0.717) is 10.1 Å². The first-order valence-electron chi connectivity index (χ1n) is 6.90. The Hall–Kier alpha value is -1.10. The Morgan fingerprint density at radius 3 is 2.59 bits per heavy atom. The summed E-state index contributed by atoms with van der Waals surface area (Å²) >= 11 is 15.4. The maximum atomic E-state index is 6.32. The molecule has 0 aliphatic heterocycles. The molecule has 0 radical (unpaired) electrons. The Morgan fingerprint density at radius 1 is 1.27 bits per heavy atom. The van der Waals surface area contributed by atoms with E-state index in [-0.39, 0.29) is 0 Å². The summed E-state index contributed by atoms with van der Waals surface area (Å²) in [4.78, 5) is 1.99. The average molecular weight is 398 g/mol. The van der Waals surface area contributed by atoms with Crippen molar-refractivity contribution in [3.8, 4) is 0 Å². The summed E-state index contributed by atoms with van der Waals surface area (Å²) in [5, 5.41) is 4.59. The smallest absolute Gasteiger partial charge is 0.173 e. The van der Waals surface area contributed by atoms with Gasteiger partial charge in [-0.25, -0.2) is 0 Å². The third kappa shape index (κ3) is 4.22. The molecule has 0 heterocycles. The highest BCUT2D eigenvalue weighted by Crippen LogP contribution is 2.27. The molecule has 0 unspecified atom stereocenters. The molecule has 0 fully saturated rings. The van der Waals surface area contributed by atoms with Crippen LogP contribution < -0.4 is 5.32 Å². The molecule has 2 aromatic rings. The second-order valence-electron chi connectivity index (χ2n) is 5.32. The third-order valence-electron chi connectivity index (χ3n) is 3.38. The molecule has 5 heteroatoms. The minimum absolute atomic E-state index is 0.643. The van der Waals surface area contributed by atoms with Gasteiger partial charge in [0.1, 0.15) is 0 Å². The summed E-state index contributed by atoms with van der Waals surface area (Å²) in [5.74, 6) is 0. The normalized spacial score (nSPS) is 10.4. The SMILES string of the molecule is Cc1cc(C)c(NC(=S)N(C)Cc2ccccc2Br)c(Cl)c1. The number of nitrogens with one attached hydrogen (secondary N) is 1. The largest absolute Gasteiger partial charge is 0.348 e. The van der Waals surface area contributed by atoms with E-state index in [1.54, 1.807) is 0 Å². The first kappa shape index (κ1) is 17.3. The highest BCUT2D eigenvalue weighted by molar-refractivity contribution is 9.10. The summed E-state index contributed by atoms with van der Waals surface area (Å²) in [5.41, 5.74) is 4.28. The summed E-state index contributed by atoms with van der Waals surface area (Å²) in [6.45, 7) is 4.77. The molecule has 0 aliphatic rings. The number of rotatable bonds is 3. The van der Waals surface area contributed by atoms with Crippen molar-refractivity contribution in [2.45, 2.75) is 20.4 Å². The van der Waals surface area contributed by atoms with Crippen LogP contribution in [0, 0.1) is 13.8 Å². The van der Waals surface area contributed by atoms with E-state index < -0.39 is 0 Å². The summed E-state index contributed by atoms with van der Waals surface area (Å²) in [7, 11) is 1.96. The molecular formula is C17H18BrClN2S. The number of hydrogen-bond donors (Lipinski definition) is 1. The van der Waals surface area contributed by atoms with E-state index in [1.165, 1.54) is 5.56 Å². The quantitative estimate of drug-likeness (QED) is 0.684. The summed E-state index contributed by atoms with van der Waals surface area (Å²) in [6.07, 6.45) is 0. The standard InChI is InChI=1S/C17H18BrClN2S/c1-11-8-12(2)16(15(19)9-11)20-17(22)21(3)10-13-6-4-5-7-14(13)18/h4-9H,10H2,1-3H3,(H,20,22). The average Bonchev–Trinajstić information content (AvgIpc) is 2.45.